The van der Waals surface area contributed by atoms with Crippen molar-refractivity contribution < 1.29 is 0 Å². The Hall–Kier alpha value is -0.120. The van der Waals surface area contributed by atoms with E-state index in [0.29, 0.717) is 6.04 Å². The lowest BCUT2D eigenvalue weighted by atomic mass is 9.98. The molecule has 0 aliphatic carbocycles. The van der Waals surface area contributed by atoms with Crippen molar-refractivity contribution in [2.45, 2.75) is 64.5 Å². The van der Waals surface area contributed by atoms with Crippen molar-refractivity contribution in [2.75, 3.05) is 32.7 Å². The molecule has 0 spiro atoms. The Kier molecular flexibility index (Phi) is 6.11. The zero-order valence-corrected chi connectivity index (χ0v) is 13.0. The van der Waals surface area contributed by atoms with E-state index < -0.39 is 0 Å². The SMILES string of the molecule is CC(C)CC(N)CN1CCC(N2CCCCC2)CC1. The van der Waals surface area contributed by atoms with Gasteiger partial charge >= 0.3 is 0 Å². The van der Waals surface area contributed by atoms with Crippen molar-refractivity contribution in [1.82, 2.24) is 9.80 Å². The monoisotopic (exact) mass is 267 g/mol. The van der Waals surface area contributed by atoms with Gasteiger partial charge in [-0.1, -0.05) is 20.3 Å². The Balaban J connectivity index is 1.67. The first-order valence-corrected chi connectivity index (χ1v) is 8.37. The highest BCUT2D eigenvalue weighted by molar-refractivity contribution is 4.83. The molecule has 2 saturated heterocycles. The smallest absolute Gasteiger partial charge is 0.0170 e. The summed E-state index contributed by atoms with van der Waals surface area (Å²) in [5.74, 6) is 0.723. The van der Waals surface area contributed by atoms with Gasteiger partial charge in [-0.25, -0.2) is 0 Å². The van der Waals surface area contributed by atoms with E-state index in [0.717, 1.165) is 24.9 Å². The first-order chi connectivity index (χ1) is 9.15. The van der Waals surface area contributed by atoms with Crippen LogP contribution in [0.25, 0.3) is 0 Å². The molecule has 1 atom stereocenters. The van der Waals surface area contributed by atoms with Gasteiger partial charge in [-0.3, -0.25) is 0 Å². The van der Waals surface area contributed by atoms with E-state index >= 15 is 0 Å². The van der Waals surface area contributed by atoms with Gasteiger partial charge in [0, 0.05) is 18.6 Å². The van der Waals surface area contributed by atoms with Crippen molar-refractivity contribution in [2.24, 2.45) is 11.7 Å². The van der Waals surface area contributed by atoms with Crippen molar-refractivity contribution in [3.05, 3.63) is 0 Å². The summed E-state index contributed by atoms with van der Waals surface area (Å²) in [6.45, 7) is 10.8. The molecule has 0 aromatic carbocycles. The Morgan fingerprint density at radius 3 is 2.21 bits per heavy atom. The summed E-state index contributed by atoms with van der Waals surface area (Å²) in [6, 6.07) is 1.23. The highest BCUT2D eigenvalue weighted by Gasteiger charge is 2.26. The van der Waals surface area contributed by atoms with Crippen LogP contribution in [0, 0.1) is 5.92 Å². The van der Waals surface area contributed by atoms with E-state index in [4.69, 9.17) is 5.73 Å². The maximum atomic E-state index is 6.23. The van der Waals surface area contributed by atoms with Gasteiger partial charge < -0.3 is 15.5 Å². The number of hydrogen-bond acceptors (Lipinski definition) is 3. The van der Waals surface area contributed by atoms with Gasteiger partial charge in [-0.05, 0) is 64.2 Å². The lowest BCUT2D eigenvalue weighted by molar-refractivity contribution is 0.0890. The van der Waals surface area contributed by atoms with Gasteiger partial charge in [0.05, 0.1) is 0 Å². The normalized spacial score (nSPS) is 25.9. The fraction of sp³-hybridized carbons (Fsp3) is 1.00. The van der Waals surface area contributed by atoms with Gasteiger partial charge in [0.1, 0.15) is 0 Å². The highest BCUT2D eigenvalue weighted by Crippen LogP contribution is 2.21. The van der Waals surface area contributed by atoms with Crippen LogP contribution in [-0.4, -0.2) is 54.6 Å². The standard InChI is InChI=1S/C16H33N3/c1-14(2)12-15(17)13-18-10-6-16(7-11-18)19-8-4-3-5-9-19/h14-16H,3-13,17H2,1-2H3. The predicted molar refractivity (Wildman–Crippen MR) is 82.3 cm³/mol. The summed E-state index contributed by atoms with van der Waals surface area (Å²) >= 11 is 0. The molecule has 0 radical (unpaired) electrons. The molecule has 3 heteroatoms. The van der Waals surface area contributed by atoms with Crippen LogP contribution in [-0.2, 0) is 0 Å². The molecule has 2 N–H and O–H groups in total. The third-order valence-corrected chi connectivity index (χ3v) is 4.73. The molecular weight excluding hydrogens is 234 g/mol. The highest BCUT2D eigenvalue weighted by atomic mass is 15.2. The zero-order chi connectivity index (χ0) is 13.7. The van der Waals surface area contributed by atoms with Crippen molar-refractivity contribution in [3.63, 3.8) is 0 Å². The third-order valence-electron chi connectivity index (χ3n) is 4.73. The van der Waals surface area contributed by atoms with Crippen molar-refractivity contribution in [1.29, 1.82) is 0 Å². The number of likely N-dealkylation sites (tertiary alicyclic amines) is 2. The van der Waals surface area contributed by atoms with Crippen molar-refractivity contribution >= 4 is 0 Å². The Bertz CT molecular complexity index is 240. The van der Waals surface area contributed by atoms with Gasteiger partial charge in [0.15, 0.2) is 0 Å². The molecule has 2 fully saturated rings. The molecule has 1 unspecified atom stereocenters. The summed E-state index contributed by atoms with van der Waals surface area (Å²) in [4.78, 5) is 5.34. The zero-order valence-electron chi connectivity index (χ0n) is 13.0. The molecular formula is C16H33N3. The van der Waals surface area contributed by atoms with Gasteiger partial charge in [0.25, 0.3) is 0 Å². The number of nitrogens with zero attached hydrogens (tertiary/aromatic N) is 2. The van der Waals surface area contributed by atoms with E-state index in [9.17, 15) is 0 Å². The molecule has 0 aromatic rings. The fourth-order valence-electron chi connectivity index (χ4n) is 3.76. The molecule has 2 aliphatic rings. The molecule has 0 amide bonds. The molecule has 0 saturated carbocycles. The molecule has 0 aromatic heterocycles. The maximum Gasteiger partial charge on any atom is 0.0170 e. The van der Waals surface area contributed by atoms with E-state index in [-0.39, 0.29) is 0 Å². The van der Waals surface area contributed by atoms with Crippen LogP contribution in [0.1, 0.15) is 52.4 Å². The van der Waals surface area contributed by atoms with Crippen molar-refractivity contribution in [3.8, 4) is 0 Å². The summed E-state index contributed by atoms with van der Waals surface area (Å²) in [6.07, 6.45) is 8.15. The van der Waals surface area contributed by atoms with Crippen LogP contribution in [0.2, 0.25) is 0 Å². The Morgan fingerprint density at radius 2 is 1.63 bits per heavy atom. The van der Waals surface area contributed by atoms with Crippen LogP contribution < -0.4 is 5.73 Å². The average Bonchev–Trinajstić information content (AvgIpc) is 2.39. The summed E-state index contributed by atoms with van der Waals surface area (Å²) in [5, 5.41) is 0. The second-order valence-corrected chi connectivity index (χ2v) is 7.02. The molecule has 2 heterocycles. The predicted octanol–water partition coefficient (Wildman–Crippen LogP) is 2.31. The summed E-state index contributed by atoms with van der Waals surface area (Å²) < 4.78 is 0. The van der Waals surface area contributed by atoms with Gasteiger partial charge in [-0.15, -0.1) is 0 Å². The quantitative estimate of drug-likeness (QED) is 0.829. The molecule has 2 aliphatic heterocycles. The molecule has 3 nitrogen and oxygen atoms in total. The molecule has 19 heavy (non-hydrogen) atoms. The lowest BCUT2D eigenvalue weighted by Crippen LogP contribution is -2.49. The molecule has 2 rings (SSSR count). The summed E-state index contributed by atoms with van der Waals surface area (Å²) in [7, 11) is 0. The number of nitrogens with two attached hydrogens (primary N) is 1. The van der Waals surface area contributed by atoms with Crippen LogP contribution in [0.5, 0.6) is 0 Å². The minimum Gasteiger partial charge on any atom is -0.327 e. The van der Waals surface area contributed by atoms with Gasteiger partial charge in [0.2, 0.25) is 0 Å². The lowest BCUT2D eigenvalue weighted by Gasteiger charge is -2.40. The first kappa shape index (κ1) is 15.3. The fourth-order valence-corrected chi connectivity index (χ4v) is 3.76. The Labute approximate surface area is 119 Å². The average molecular weight is 267 g/mol. The van der Waals surface area contributed by atoms with Crippen LogP contribution in [0.4, 0.5) is 0 Å². The van der Waals surface area contributed by atoms with E-state index in [1.165, 1.54) is 58.3 Å². The van der Waals surface area contributed by atoms with Gasteiger partial charge in [-0.2, -0.15) is 0 Å². The maximum absolute atomic E-state index is 6.23. The van der Waals surface area contributed by atoms with Crippen LogP contribution in [0.15, 0.2) is 0 Å². The minimum absolute atomic E-state index is 0.367. The topological polar surface area (TPSA) is 32.5 Å². The second-order valence-electron chi connectivity index (χ2n) is 7.02. The largest absolute Gasteiger partial charge is 0.327 e. The number of piperidine rings is 2. The number of hydrogen-bond donors (Lipinski definition) is 1. The molecule has 0 bridgehead atoms. The Morgan fingerprint density at radius 1 is 1.00 bits per heavy atom. The number of rotatable bonds is 5. The molecule has 112 valence electrons. The van der Waals surface area contributed by atoms with Crippen LogP contribution >= 0.6 is 0 Å². The van der Waals surface area contributed by atoms with Crippen LogP contribution in [0.3, 0.4) is 0 Å². The minimum atomic E-state index is 0.367. The van der Waals surface area contributed by atoms with E-state index in [1.54, 1.807) is 0 Å². The first-order valence-electron chi connectivity index (χ1n) is 8.37. The summed E-state index contributed by atoms with van der Waals surface area (Å²) in [5.41, 5.74) is 6.23. The van der Waals surface area contributed by atoms with E-state index in [2.05, 4.69) is 23.6 Å². The third kappa shape index (κ3) is 5.05. The van der Waals surface area contributed by atoms with E-state index in [1.807, 2.05) is 0 Å². The second kappa shape index (κ2) is 7.61.